The Bertz CT molecular complexity index is 768. The van der Waals surface area contributed by atoms with E-state index in [1.807, 2.05) is 24.3 Å². The Balaban J connectivity index is 2.02. The van der Waals surface area contributed by atoms with Crippen LogP contribution in [-0.4, -0.2) is 13.7 Å². The zero-order chi connectivity index (χ0) is 16.4. The average molecular weight is 327 g/mol. The minimum atomic E-state index is -0.105. The molecule has 0 aliphatic carbocycles. The van der Waals surface area contributed by atoms with Gasteiger partial charge in [0, 0.05) is 12.2 Å². The van der Waals surface area contributed by atoms with Gasteiger partial charge in [-0.1, -0.05) is 23.7 Å². The minimum Gasteiger partial charge on any atom is -0.497 e. The number of halogens is 1. The van der Waals surface area contributed by atoms with Crippen LogP contribution in [0.1, 0.15) is 30.9 Å². The Kier molecular flexibility index (Phi) is 4.19. The third kappa shape index (κ3) is 2.75. The summed E-state index contributed by atoms with van der Waals surface area (Å²) in [6.45, 7) is 3.22. The Morgan fingerprint density at radius 3 is 2.78 bits per heavy atom. The third-order valence-corrected chi connectivity index (χ3v) is 5.03. The number of hydrogen-bond acceptors (Lipinski definition) is 3. The van der Waals surface area contributed by atoms with Gasteiger partial charge < -0.3 is 9.64 Å². The molecule has 0 bridgehead atoms. The molecule has 118 valence electrons. The molecule has 0 aromatic heterocycles. The number of hydrogen-bond donors (Lipinski definition) is 0. The molecule has 0 spiro atoms. The first kappa shape index (κ1) is 15.7. The molecule has 3 nitrogen and oxygen atoms in total. The highest BCUT2D eigenvalue weighted by Crippen LogP contribution is 2.43. The fraction of sp³-hybridized carbons (Fsp3) is 0.316. The molecule has 1 aliphatic heterocycles. The van der Waals surface area contributed by atoms with Crippen molar-refractivity contribution < 1.29 is 4.74 Å². The Morgan fingerprint density at radius 2 is 2.09 bits per heavy atom. The topological polar surface area (TPSA) is 36.3 Å². The van der Waals surface area contributed by atoms with Gasteiger partial charge in [0.05, 0.1) is 23.2 Å². The second kappa shape index (κ2) is 6.14. The maximum atomic E-state index is 9.05. The number of rotatable bonds is 3. The predicted octanol–water partition coefficient (Wildman–Crippen LogP) is 4.74. The van der Waals surface area contributed by atoms with Gasteiger partial charge >= 0.3 is 0 Å². The monoisotopic (exact) mass is 326 g/mol. The van der Waals surface area contributed by atoms with Gasteiger partial charge in [0.25, 0.3) is 0 Å². The van der Waals surface area contributed by atoms with Gasteiger partial charge in [-0.25, -0.2) is 0 Å². The Labute approximate surface area is 142 Å². The van der Waals surface area contributed by atoms with Crippen molar-refractivity contribution in [3.8, 4) is 11.8 Å². The lowest BCUT2D eigenvalue weighted by Gasteiger charge is -2.38. The number of anilines is 1. The van der Waals surface area contributed by atoms with Gasteiger partial charge in [0.1, 0.15) is 11.8 Å². The maximum absolute atomic E-state index is 9.05. The summed E-state index contributed by atoms with van der Waals surface area (Å²) in [4.78, 5) is 2.37. The lowest BCUT2D eigenvalue weighted by Crippen LogP contribution is -2.38. The van der Waals surface area contributed by atoms with E-state index in [9.17, 15) is 0 Å². The van der Waals surface area contributed by atoms with Gasteiger partial charge in [-0.2, -0.15) is 5.26 Å². The van der Waals surface area contributed by atoms with E-state index in [2.05, 4.69) is 30.0 Å². The fourth-order valence-corrected chi connectivity index (χ4v) is 3.62. The lowest BCUT2D eigenvalue weighted by atomic mass is 9.88. The molecule has 1 aliphatic rings. The van der Waals surface area contributed by atoms with Gasteiger partial charge in [-0.05, 0) is 55.7 Å². The quantitative estimate of drug-likeness (QED) is 0.817. The predicted molar refractivity (Wildman–Crippen MR) is 93.1 cm³/mol. The summed E-state index contributed by atoms with van der Waals surface area (Å²) < 4.78 is 5.37. The molecule has 2 aromatic carbocycles. The summed E-state index contributed by atoms with van der Waals surface area (Å²) in [5, 5.41) is 9.56. The van der Waals surface area contributed by atoms with Gasteiger partial charge in [-0.15, -0.1) is 0 Å². The highest BCUT2D eigenvalue weighted by Gasteiger charge is 2.38. The number of methoxy groups -OCH3 is 1. The second-order valence-corrected chi connectivity index (χ2v) is 6.44. The van der Waals surface area contributed by atoms with E-state index >= 15 is 0 Å². The SMILES string of the molecule is COc1cccc(C2(C)CCCN2c2ccc(C#N)c(Cl)c2)c1. The lowest BCUT2D eigenvalue weighted by molar-refractivity contribution is 0.410. The van der Waals surface area contributed by atoms with Gasteiger partial charge in [0.2, 0.25) is 0 Å². The van der Waals surface area contributed by atoms with Crippen molar-refractivity contribution in [2.75, 3.05) is 18.6 Å². The van der Waals surface area contributed by atoms with Gasteiger partial charge in [0.15, 0.2) is 0 Å². The van der Waals surface area contributed by atoms with Crippen LogP contribution in [0.15, 0.2) is 42.5 Å². The molecule has 0 N–H and O–H groups in total. The minimum absolute atomic E-state index is 0.105. The smallest absolute Gasteiger partial charge is 0.119 e. The van der Waals surface area contributed by atoms with Crippen molar-refractivity contribution in [3.05, 3.63) is 58.6 Å². The second-order valence-electron chi connectivity index (χ2n) is 6.04. The Morgan fingerprint density at radius 1 is 1.26 bits per heavy atom. The van der Waals surface area contributed by atoms with Crippen molar-refractivity contribution in [3.63, 3.8) is 0 Å². The van der Waals surface area contributed by atoms with Crippen molar-refractivity contribution in [2.24, 2.45) is 0 Å². The molecular formula is C19H19ClN2O. The van der Waals surface area contributed by atoms with E-state index in [4.69, 9.17) is 21.6 Å². The molecular weight excluding hydrogens is 308 g/mol. The zero-order valence-electron chi connectivity index (χ0n) is 13.3. The zero-order valence-corrected chi connectivity index (χ0v) is 14.1. The summed E-state index contributed by atoms with van der Waals surface area (Å²) >= 11 is 6.23. The number of ether oxygens (including phenoxy) is 1. The van der Waals surface area contributed by atoms with Crippen LogP contribution in [0.4, 0.5) is 5.69 Å². The van der Waals surface area contributed by atoms with Crippen LogP contribution in [0, 0.1) is 11.3 Å². The summed E-state index contributed by atoms with van der Waals surface area (Å²) in [5.41, 5.74) is 2.69. The van der Waals surface area contributed by atoms with E-state index in [1.54, 1.807) is 13.2 Å². The molecule has 0 saturated carbocycles. The summed E-state index contributed by atoms with van der Waals surface area (Å²) in [5.74, 6) is 0.869. The largest absolute Gasteiger partial charge is 0.497 e. The van der Waals surface area contributed by atoms with Crippen molar-refractivity contribution in [2.45, 2.75) is 25.3 Å². The standard InChI is InChI=1S/C19H19ClN2O/c1-19(15-5-3-6-17(11-15)23-2)9-4-10-22(19)16-8-7-14(13-21)18(20)12-16/h3,5-8,11-12H,4,9-10H2,1-2H3. The van der Waals surface area contributed by atoms with Crippen molar-refractivity contribution in [1.29, 1.82) is 5.26 Å². The van der Waals surface area contributed by atoms with Crippen LogP contribution in [0.2, 0.25) is 5.02 Å². The highest BCUT2D eigenvalue weighted by atomic mass is 35.5. The number of nitrogens with zero attached hydrogens (tertiary/aromatic N) is 2. The first-order valence-electron chi connectivity index (χ1n) is 7.70. The van der Waals surface area contributed by atoms with Crippen LogP contribution in [0.5, 0.6) is 5.75 Å². The molecule has 1 atom stereocenters. The Hall–Kier alpha value is -2.18. The van der Waals surface area contributed by atoms with E-state index in [0.29, 0.717) is 10.6 Å². The van der Waals surface area contributed by atoms with E-state index in [-0.39, 0.29) is 5.54 Å². The number of nitriles is 1. The molecule has 0 amide bonds. The fourth-order valence-electron chi connectivity index (χ4n) is 3.40. The molecule has 1 saturated heterocycles. The van der Waals surface area contributed by atoms with Crippen LogP contribution >= 0.6 is 11.6 Å². The van der Waals surface area contributed by atoms with Crippen molar-refractivity contribution >= 4 is 17.3 Å². The summed E-state index contributed by atoms with van der Waals surface area (Å²) in [7, 11) is 1.69. The molecule has 1 unspecified atom stereocenters. The average Bonchev–Trinajstić information content (AvgIpc) is 2.98. The third-order valence-electron chi connectivity index (χ3n) is 4.72. The number of benzene rings is 2. The van der Waals surface area contributed by atoms with E-state index in [1.165, 1.54) is 5.56 Å². The van der Waals surface area contributed by atoms with Crippen LogP contribution in [0.25, 0.3) is 0 Å². The molecule has 0 radical (unpaired) electrons. The summed E-state index contributed by atoms with van der Waals surface area (Å²) in [6, 6.07) is 16.0. The highest BCUT2D eigenvalue weighted by molar-refractivity contribution is 6.32. The first-order valence-corrected chi connectivity index (χ1v) is 8.08. The summed E-state index contributed by atoms with van der Waals surface area (Å²) in [6.07, 6.45) is 2.18. The molecule has 2 aromatic rings. The van der Waals surface area contributed by atoms with Crippen molar-refractivity contribution in [1.82, 2.24) is 0 Å². The molecule has 4 heteroatoms. The normalized spacial score (nSPS) is 20.3. The molecule has 1 fully saturated rings. The van der Waals surface area contributed by atoms with Crippen LogP contribution in [0.3, 0.4) is 0 Å². The maximum Gasteiger partial charge on any atom is 0.119 e. The van der Waals surface area contributed by atoms with Gasteiger partial charge in [-0.3, -0.25) is 0 Å². The van der Waals surface area contributed by atoms with E-state index < -0.39 is 0 Å². The van der Waals surface area contributed by atoms with E-state index in [0.717, 1.165) is 30.8 Å². The van der Waals surface area contributed by atoms with Crippen LogP contribution in [-0.2, 0) is 5.54 Å². The first-order chi connectivity index (χ1) is 11.1. The molecule has 1 heterocycles. The molecule has 3 rings (SSSR count). The van der Waals surface area contributed by atoms with Crippen LogP contribution < -0.4 is 9.64 Å². The molecule has 23 heavy (non-hydrogen) atoms.